The van der Waals surface area contributed by atoms with Crippen LogP contribution in [0.25, 0.3) is 150 Å². The number of nitrogens with zero attached hydrogens (tertiary/aromatic N) is 5. The smallest absolute Gasteiger partial charge is 0.238 e. The quantitative estimate of drug-likeness (QED) is 0.166. The average molecular weight is 1150 g/mol. The molecule has 0 amide bonds. The number of rotatable bonds is 6. The van der Waals surface area contributed by atoms with E-state index in [4.69, 9.17) is 9.97 Å². The second-order valence-electron chi connectivity index (χ2n) is 26.9. The molecule has 0 radical (unpaired) electrons. The van der Waals surface area contributed by atoms with Crippen LogP contribution in [-0.4, -0.2) is 23.7 Å². The molecule has 0 bridgehead atoms. The molecule has 3 aliphatic carbocycles. The fourth-order valence-corrected chi connectivity index (χ4v) is 16.6. The van der Waals surface area contributed by atoms with E-state index in [1.807, 2.05) is 0 Å². The molecule has 0 saturated heterocycles. The summed E-state index contributed by atoms with van der Waals surface area (Å²) in [5, 5.41) is 6.95. The van der Waals surface area contributed by atoms with Crippen molar-refractivity contribution in [1.82, 2.24) is 23.7 Å². The normalized spacial score (nSPS) is 14.6. The van der Waals surface area contributed by atoms with E-state index in [0.717, 1.165) is 66.3 Å². The van der Waals surface area contributed by atoms with Gasteiger partial charge in [0.1, 0.15) is 11.6 Å². The standard InChI is InChI=1S/C85H61N5/c1-83(2)68-25-13-7-19-56(68)59-37-31-53(46-71(59)83)50-34-40-77-65(43-50)62-22-10-16-28-74(62)88(77)80-49-81(89-75-29-17-11-23-63(75)66-44-51(35-41-78(66)89)54-32-38-60-57-20-8-14-26-69(57)84(3,4)72(60)47-54)87-82(86-80)90-76-30-18-12-24-64(76)67-45-52(36-42-79(67)90)55-33-39-61-58-21-9-15-27-70(58)85(5,6)73(61)48-55/h7-49H,1-6H3. The predicted molar refractivity (Wildman–Crippen MR) is 374 cm³/mol. The first-order valence-electron chi connectivity index (χ1n) is 31.6. The molecular weight excluding hydrogens is 1090 g/mol. The molecule has 0 aliphatic heterocycles. The van der Waals surface area contributed by atoms with Gasteiger partial charge < -0.3 is 0 Å². The summed E-state index contributed by atoms with van der Waals surface area (Å²) < 4.78 is 7.03. The summed E-state index contributed by atoms with van der Waals surface area (Å²) in [4.78, 5) is 11.6. The number of hydrogen-bond acceptors (Lipinski definition) is 2. The topological polar surface area (TPSA) is 40.6 Å². The van der Waals surface area contributed by atoms with E-state index in [9.17, 15) is 0 Å². The van der Waals surface area contributed by atoms with Crippen molar-refractivity contribution >= 4 is 65.4 Å². The first-order valence-corrected chi connectivity index (χ1v) is 31.6. The molecule has 4 heterocycles. The minimum absolute atomic E-state index is 0.109. The Balaban J connectivity index is 0.818. The molecule has 3 aliphatic rings. The molecule has 0 spiro atoms. The average Bonchev–Trinajstić information content (AvgIpc) is 1.70. The molecular formula is C85H61N5. The molecule has 16 aromatic rings. The number of hydrogen-bond donors (Lipinski definition) is 0. The number of fused-ring (bicyclic) bond motifs is 18. The van der Waals surface area contributed by atoms with Crippen LogP contribution in [-0.2, 0) is 16.2 Å². The second-order valence-corrected chi connectivity index (χ2v) is 26.9. The van der Waals surface area contributed by atoms with Crippen molar-refractivity contribution in [3.63, 3.8) is 0 Å². The molecule has 0 unspecified atom stereocenters. The van der Waals surface area contributed by atoms with Gasteiger partial charge in [0.05, 0.1) is 33.1 Å². The zero-order valence-electron chi connectivity index (χ0n) is 51.1. The molecule has 4 aromatic heterocycles. The van der Waals surface area contributed by atoms with Gasteiger partial charge in [-0.2, -0.15) is 9.97 Å². The van der Waals surface area contributed by atoms with E-state index >= 15 is 0 Å². The molecule has 19 rings (SSSR count). The van der Waals surface area contributed by atoms with Gasteiger partial charge >= 0.3 is 0 Å². The fraction of sp³-hybridized carbons (Fsp3) is 0.106. The van der Waals surface area contributed by atoms with Crippen LogP contribution < -0.4 is 0 Å². The molecule has 426 valence electrons. The Labute approximate surface area is 522 Å². The monoisotopic (exact) mass is 1150 g/mol. The lowest BCUT2D eigenvalue weighted by Gasteiger charge is -2.22. The molecule has 5 nitrogen and oxygen atoms in total. The number of benzene rings is 12. The third-order valence-electron chi connectivity index (χ3n) is 21.1. The lowest BCUT2D eigenvalue weighted by molar-refractivity contribution is 0.660. The Hall–Kier alpha value is -10.9. The third-order valence-corrected chi connectivity index (χ3v) is 21.1. The van der Waals surface area contributed by atoms with Crippen molar-refractivity contribution < 1.29 is 0 Å². The second kappa shape index (κ2) is 18.1. The first-order chi connectivity index (χ1) is 43.9. The number of aromatic nitrogens is 5. The summed E-state index contributed by atoms with van der Waals surface area (Å²) >= 11 is 0. The largest absolute Gasteiger partial charge is 0.294 e. The minimum Gasteiger partial charge on any atom is -0.294 e. The first kappa shape index (κ1) is 51.2. The van der Waals surface area contributed by atoms with Gasteiger partial charge in [0.15, 0.2) is 0 Å². The number of para-hydroxylation sites is 3. The minimum atomic E-state index is -0.111. The van der Waals surface area contributed by atoms with E-state index in [1.165, 1.54) is 111 Å². The van der Waals surface area contributed by atoms with Crippen molar-refractivity contribution in [2.75, 3.05) is 0 Å². The van der Waals surface area contributed by atoms with Crippen LogP contribution in [0.5, 0.6) is 0 Å². The van der Waals surface area contributed by atoms with E-state index in [2.05, 4.69) is 316 Å². The lowest BCUT2D eigenvalue weighted by atomic mass is 9.81. The summed E-state index contributed by atoms with van der Waals surface area (Å²) in [7, 11) is 0. The Bertz CT molecular complexity index is 5260. The third kappa shape index (κ3) is 6.97. The zero-order valence-corrected chi connectivity index (χ0v) is 51.1. The fourth-order valence-electron chi connectivity index (χ4n) is 16.6. The Morgan fingerprint density at radius 1 is 0.222 bits per heavy atom. The predicted octanol–water partition coefficient (Wildman–Crippen LogP) is 21.7. The van der Waals surface area contributed by atoms with Gasteiger partial charge in [-0.1, -0.05) is 224 Å². The maximum Gasteiger partial charge on any atom is 0.238 e. The van der Waals surface area contributed by atoms with Crippen LogP contribution in [0.4, 0.5) is 0 Å². The van der Waals surface area contributed by atoms with Crippen LogP contribution in [0.2, 0.25) is 0 Å². The van der Waals surface area contributed by atoms with E-state index in [-0.39, 0.29) is 16.2 Å². The van der Waals surface area contributed by atoms with Crippen LogP contribution >= 0.6 is 0 Å². The Morgan fingerprint density at radius 3 is 0.856 bits per heavy atom. The summed E-state index contributed by atoms with van der Waals surface area (Å²) in [6.07, 6.45) is 0. The summed E-state index contributed by atoms with van der Waals surface area (Å²) in [6, 6.07) is 97.4. The highest BCUT2D eigenvalue weighted by Gasteiger charge is 2.38. The van der Waals surface area contributed by atoms with Crippen LogP contribution in [0.15, 0.2) is 261 Å². The molecule has 0 N–H and O–H groups in total. The van der Waals surface area contributed by atoms with E-state index < -0.39 is 0 Å². The lowest BCUT2D eigenvalue weighted by Crippen LogP contribution is -2.14. The van der Waals surface area contributed by atoms with Gasteiger partial charge in [-0.15, -0.1) is 0 Å². The molecule has 90 heavy (non-hydrogen) atoms. The van der Waals surface area contributed by atoms with Gasteiger partial charge in [-0.25, -0.2) is 0 Å². The molecule has 0 saturated carbocycles. The molecule has 0 fully saturated rings. The molecule has 5 heteroatoms. The summed E-state index contributed by atoms with van der Waals surface area (Å²) in [5.74, 6) is 2.14. The van der Waals surface area contributed by atoms with E-state index in [0.29, 0.717) is 5.95 Å². The Kier molecular flexibility index (Phi) is 10.3. The van der Waals surface area contributed by atoms with Gasteiger partial charge in [0.25, 0.3) is 0 Å². The SMILES string of the molecule is CC1(C)c2ccccc2-c2ccc(-c3ccc4c(c3)c3ccccc3n4-c3cc(-n4c5ccccc5c5cc(-c6ccc7c(c6)C(C)(C)c6ccccc6-7)ccc54)nc(-n4c5ccccc5c5cc(-c6ccc7c(c6)C(C)(C)c6ccccc6-7)ccc54)n3)cc21. The Morgan fingerprint density at radius 2 is 0.489 bits per heavy atom. The maximum absolute atomic E-state index is 5.81. The molecule has 12 aromatic carbocycles. The van der Waals surface area contributed by atoms with Gasteiger partial charge in [-0.05, 0) is 173 Å². The van der Waals surface area contributed by atoms with Gasteiger partial charge in [0.2, 0.25) is 5.95 Å². The summed E-state index contributed by atoms with van der Waals surface area (Å²) in [5.41, 5.74) is 29.4. The van der Waals surface area contributed by atoms with E-state index in [1.54, 1.807) is 0 Å². The van der Waals surface area contributed by atoms with Crippen molar-refractivity contribution in [3.8, 4) is 84.3 Å². The van der Waals surface area contributed by atoms with Crippen LogP contribution in [0.3, 0.4) is 0 Å². The van der Waals surface area contributed by atoms with Gasteiger partial charge in [-0.3, -0.25) is 13.7 Å². The highest BCUT2D eigenvalue weighted by Crippen LogP contribution is 2.53. The van der Waals surface area contributed by atoms with Crippen LogP contribution in [0.1, 0.15) is 74.9 Å². The summed E-state index contributed by atoms with van der Waals surface area (Å²) in [6.45, 7) is 14.2. The zero-order chi connectivity index (χ0) is 60.1. The van der Waals surface area contributed by atoms with Crippen molar-refractivity contribution in [3.05, 3.63) is 294 Å². The molecule has 0 atom stereocenters. The van der Waals surface area contributed by atoms with Crippen molar-refractivity contribution in [1.29, 1.82) is 0 Å². The highest BCUT2D eigenvalue weighted by atomic mass is 15.2. The van der Waals surface area contributed by atoms with Gasteiger partial charge in [0, 0.05) is 54.6 Å². The highest BCUT2D eigenvalue weighted by molar-refractivity contribution is 6.13. The van der Waals surface area contributed by atoms with Crippen molar-refractivity contribution in [2.45, 2.75) is 57.8 Å². The van der Waals surface area contributed by atoms with Crippen molar-refractivity contribution in [2.24, 2.45) is 0 Å². The maximum atomic E-state index is 5.81. The van der Waals surface area contributed by atoms with Crippen LogP contribution in [0, 0.1) is 0 Å².